The Kier molecular flexibility index (Phi) is 8.33. The summed E-state index contributed by atoms with van der Waals surface area (Å²) >= 11 is 0. The molecule has 0 saturated carbocycles. The molecule has 182 valence electrons. The van der Waals surface area contributed by atoms with Crippen LogP contribution in [0.25, 0.3) is 0 Å². The molecule has 3 aromatic rings. The molecule has 4 rings (SSSR count). The number of pyridine rings is 1. The van der Waals surface area contributed by atoms with Crippen LogP contribution >= 0.6 is 0 Å². The van der Waals surface area contributed by atoms with Gasteiger partial charge < -0.3 is 19.5 Å². The molecule has 1 aliphatic rings. The summed E-state index contributed by atoms with van der Waals surface area (Å²) < 4.78 is 7.27. The van der Waals surface area contributed by atoms with E-state index in [0.29, 0.717) is 52.0 Å². The van der Waals surface area contributed by atoms with Crippen molar-refractivity contribution in [1.82, 2.24) is 14.8 Å². The van der Waals surface area contributed by atoms with Crippen molar-refractivity contribution in [3.63, 3.8) is 0 Å². The van der Waals surface area contributed by atoms with E-state index in [1.165, 1.54) is 0 Å². The van der Waals surface area contributed by atoms with Crippen molar-refractivity contribution >= 4 is 11.8 Å². The monoisotopic (exact) mass is 473 g/mol. The molecule has 2 heterocycles. The molecule has 7 nitrogen and oxygen atoms in total. The number of carbonyl (C=O) groups is 2. The van der Waals surface area contributed by atoms with Gasteiger partial charge in [-0.25, -0.2) is 0 Å². The lowest BCUT2D eigenvalue weighted by atomic mass is 9.95. The second kappa shape index (κ2) is 12.0. The summed E-state index contributed by atoms with van der Waals surface area (Å²) in [5, 5.41) is 3.03. The third-order valence-electron chi connectivity index (χ3n) is 6.29. The first-order valence-electron chi connectivity index (χ1n) is 12.0. The minimum atomic E-state index is -0.0798. The predicted molar refractivity (Wildman–Crippen MR) is 134 cm³/mol. The van der Waals surface area contributed by atoms with Crippen LogP contribution in [0, 0.1) is 5.92 Å². The van der Waals surface area contributed by atoms with Gasteiger partial charge in [0.15, 0.2) is 0 Å². The van der Waals surface area contributed by atoms with Gasteiger partial charge in [-0.1, -0.05) is 48.5 Å². The number of carbonyl (C=O) groups excluding carboxylic acids is 2. The third-order valence-corrected chi connectivity index (χ3v) is 6.29. The normalized spacial score (nSPS) is 13.9. The summed E-state index contributed by atoms with van der Waals surface area (Å²) in [6.45, 7) is 2.51. The van der Waals surface area contributed by atoms with Crippen LogP contribution in [0.5, 0.6) is 5.75 Å². The lowest BCUT2D eigenvalue weighted by Gasteiger charge is -2.31. The molecule has 2 amide bonds. The molecule has 0 spiro atoms. The van der Waals surface area contributed by atoms with Crippen LogP contribution in [-0.4, -0.2) is 41.0 Å². The Hall–Kier alpha value is -3.87. The number of amides is 2. The molecular weight excluding hydrogens is 442 g/mol. The molecule has 0 bridgehead atoms. The Labute approximate surface area is 205 Å². The maximum atomic E-state index is 12.6. The number of rotatable bonds is 9. The van der Waals surface area contributed by atoms with Gasteiger partial charge in [0.1, 0.15) is 5.75 Å². The van der Waals surface area contributed by atoms with E-state index in [1.807, 2.05) is 65.6 Å². The topological polar surface area (TPSA) is 80.6 Å². The zero-order valence-corrected chi connectivity index (χ0v) is 19.8. The molecule has 0 radical (unpaired) electrons. The van der Waals surface area contributed by atoms with Crippen molar-refractivity contribution < 1.29 is 14.3 Å². The summed E-state index contributed by atoms with van der Waals surface area (Å²) in [6, 6.07) is 22.5. The van der Waals surface area contributed by atoms with E-state index in [4.69, 9.17) is 4.74 Å². The van der Waals surface area contributed by atoms with Gasteiger partial charge in [0, 0.05) is 37.8 Å². The number of benzene rings is 2. The summed E-state index contributed by atoms with van der Waals surface area (Å²) in [7, 11) is 0. The highest BCUT2D eigenvalue weighted by Crippen LogP contribution is 2.19. The van der Waals surface area contributed by atoms with Crippen LogP contribution in [0.3, 0.4) is 0 Å². The Bertz CT molecular complexity index is 1170. The zero-order chi connectivity index (χ0) is 24.5. The van der Waals surface area contributed by atoms with Crippen molar-refractivity contribution in [2.45, 2.75) is 32.4 Å². The van der Waals surface area contributed by atoms with Crippen molar-refractivity contribution in [3.05, 3.63) is 100 Å². The molecule has 2 aromatic carbocycles. The fourth-order valence-electron chi connectivity index (χ4n) is 4.21. The second-order valence-electron chi connectivity index (χ2n) is 8.77. The molecule has 7 heteroatoms. The largest absolute Gasteiger partial charge is 0.493 e. The minimum Gasteiger partial charge on any atom is -0.493 e. The van der Waals surface area contributed by atoms with Gasteiger partial charge in [-0.3, -0.25) is 14.4 Å². The first-order valence-corrected chi connectivity index (χ1v) is 12.0. The SMILES string of the molecule is O=C(NCc1ccc(Cn2ccccc2=O)cc1)C1CCN(C(=O)CCOc2ccccc2)CC1. The summed E-state index contributed by atoms with van der Waals surface area (Å²) in [5.41, 5.74) is 2.00. The van der Waals surface area contributed by atoms with Crippen molar-refractivity contribution in [2.24, 2.45) is 5.92 Å². The maximum Gasteiger partial charge on any atom is 0.250 e. The van der Waals surface area contributed by atoms with Gasteiger partial charge in [0.2, 0.25) is 11.8 Å². The van der Waals surface area contributed by atoms with Crippen LogP contribution in [0.15, 0.2) is 83.8 Å². The van der Waals surface area contributed by atoms with Crippen LogP contribution in [0.2, 0.25) is 0 Å². The average Bonchev–Trinajstić information content (AvgIpc) is 2.90. The average molecular weight is 474 g/mol. The number of aromatic nitrogens is 1. The third kappa shape index (κ3) is 7.06. The molecule has 0 aliphatic carbocycles. The molecule has 35 heavy (non-hydrogen) atoms. The maximum absolute atomic E-state index is 12.6. The highest BCUT2D eigenvalue weighted by Gasteiger charge is 2.27. The Morgan fingerprint density at radius 1 is 0.886 bits per heavy atom. The van der Waals surface area contributed by atoms with Crippen LogP contribution in [0.1, 0.15) is 30.4 Å². The minimum absolute atomic E-state index is 0.0305. The van der Waals surface area contributed by atoms with E-state index in [9.17, 15) is 14.4 Å². The quantitative estimate of drug-likeness (QED) is 0.518. The summed E-state index contributed by atoms with van der Waals surface area (Å²) in [4.78, 5) is 38.8. The Morgan fingerprint density at radius 2 is 1.57 bits per heavy atom. The number of hydrogen-bond acceptors (Lipinski definition) is 4. The van der Waals surface area contributed by atoms with Crippen molar-refractivity contribution in [1.29, 1.82) is 0 Å². The molecule has 1 N–H and O–H groups in total. The van der Waals surface area contributed by atoms with Gasteiger partial charge in [-0.15, -0.1) is 0 Å². The van der Waals surface area contributed by atoms with Gasteiger partial charge >= 0.3 is 0 Å². The molecule has 1 aromatic heterocycles. The standard InChI is InChI=1S/C28H31N3O4/c32-26-8-4-5-16-31(26)21-23-11-9-22(10-12-23)20-29-28(34)24-13-17-30(18-14-24)27(33)15-19-35-25-6-2-1-3-7-25/h1-12,16,24H,13-15,17-21H2,(H,29,34). The molecular formula is C28H31N3O4. The fraction of sp³-hybridized carbons (Fsp3) is 0.321. The number of nitrogens with one attached hydrogen (secondary N) is 1. The Balaban J connectivity index is 1.16. The number of para-hydroxylation sites is 1. The van der Waals surface area contributed by atoms with E-state index in [1.54, 1.807) is 22.9 Å². The first kappa shape index (κ1) is 24.3. The number of ether oxygens (including phenoxy) is 1. The van der Waals surface area contributed by atoms with E-state index in [2.05, 4.69) is 5.32 Å². The van der Waals surface area contributed by atoms with Crippen molar-refractivity contribution in [2.75, 3.05) is 19.7 Å². The smallest absolute Gasteiger partial charge is 0.250 e. The second-order valence-corrected chi connectivity index (χ2v) is 8.77. The number of likely N-dealkylation sites (tertiary alicyclic amines) is 1. The number of nitrogens with zero attached hydrogens (tertiary/aromatic N) is 2. The highest BCUT2D eigenvalue weighted by atomic mass is 16.5. The molecule has 1 fully saturated rings. The van der Waals surface area contributed by atoms with Gasteiger partial charge in [-0.05, 0) is 42.2 Å². The summed E-state index contributed by atoms with van der Waals surface area (Å²) in [5.74, 6) is 0.780. The fourth-order valence-corrected chi connectivity index (χ4v) is 4.21. The molecule has 0 atom stereocenters. The lowest BCUT2D eigenvalue weighted by molar-refractivity contribution is -0.136. The Morgan fingerprint density at radius 3 is 2.29 bits per heavy atom. The molecule has 1 saturated heterocycles. The van der Waals surface area contributed by atoms with E-state index < -0.39 is 0 Å². The molecule has 1 aliphatic heterocycles. The van der Waals surface area contributed by atoms with Gasteiger partial charge in [-0.2, -0.15) is 0 Å². The lowest BCUT2D eigenvalue weighted by Crippen LogP contribution is -2.43. The number of hydrogen-bond donors (Lipinski definition) is 1. The van der Waals surface area contributed by atoms with Crippen molar-refractivity contribution in [3.8, 4) is 5.75 Å². The molecule has 0 unspecified atom stereocenters. The summed E-state index contributed by atoms with van der Waals surface area (Å²) in [6.07, 6.45) is 3.44. The van der Waals surface area contributed by atoms with Gasteiger partial charge in [0.05, 0.1) is 19.6 Å². The van der Waals surface area contributed by atoms with Gasteiger partial charge in [0.25, 0.3) is 5.56 Å². The van der Waals surface area contributed by atoms with Crippen LogP contribution in [-0.2, 0) is 22.7 Å². The highest BCUT2D eigenvalue weighted by molar-refractivity contribution is 5.80. The van der Waals surface area contributed by atoms with Crippen LogP contribution in [0.4, 0.5) is 0 Å². The van der Waals surface area contributed by atoms with E-state index in [-0.39, 0.29) is 23.3 Å². The predicted octanol–water partition coefficient (Wildman–Crippen LogP) is 3.22. The first-order chi connectivity index (χ1) is 17.1. The van der Waals surface area contributed by atoms with E-state index in [0.717, 1.165) is 16.9 Å². The number of piperidine rings is 1. The van der Waals surface area contributed by atoms with Crippen LogP contribution < -0.4 is 15.6 Å². The zero-order valence-electron chi connectivity index (χ0n) is 19.8. The van der Waals surface area contributed by atoms with E-state index >= 15 is 0 Å².